The van der Waals surface area contributed by atoms with Gasteiger partial charge in [-0.1, -0.05) is 6.92 Å². The van der Waals surface area contributed by atoms with Crippen molar-refractivity contribution in [1.82, 2.24) is 14.6 Å². The quantitative estimate of drug-likeness (QED) is 0.558. The summed E-state index contributed by atoms with van der Waals surface area (Å²) in [5.41, 5.74) is -1.44. The number of aliphatic hydroxyl groups is 2. The third kappa shape index (κ3) is 3.65. The van der Waals surface area contributed by atoms with Gasteiger partial charge in [0, 0.05) is 13.3 Å². The maximum atomic E-state index is 11.9. The second-order valence-electron chi connectivity index (χ2n) is 6.66. The van der Waals surface area contributed by atoms with Gasteiger partial charge in [-0.3, -0.25) is 9.59 Å². The fourth-order valence-electron chi connectivity index (χ4n) is 3.25. The molecule has 1 aliphatic heterocycles. The minimum atomic E-state index is -1.96. The lowest BCUT2D eigenvalue weighted by Crippen LogP contribution is -2.41. The van der Waals surface area contributed by atoms with E-state index in [2.05, 4.69) is 15.4 Å². The summed E-state index contributed by atoms with van der Waals surface area (Å²) in [6.45, 7) is 2.74. The second-order valence-corrected chi connectivity index (χ2v) is 6.66. The van der Waals surface area contributed by atoms with Gasteiger partial charge in [0.15, 0.2) is 5.82 Å². The number of hydrogen-bond acceptors (Lipinski definition) is 9. The first-order valence-corrected chi connectivity index (χ1v) is 9.05. The van der Waals surface area contributed by atoms with Crippen molar-refractivity contribution in [1.29, 1.82) is 5.26 Å². The summed E-state index contributed by atoms with van der Waals surface area (Å²) >= 11 is 0. The van der Waals surface area contributed by atoms with Crippen molar-refractivity contribution in [3.05, 3.63) is 24.2 Å². The van der Waals surface area contributed by atoms with E-state index in [1.165, 1.54) is 23.8 Å². The summed E-state index contributed by atoms with van der Waals surface area (Å²) in [6.07, 6.45) is -2.03. The molecule has 0 aromatic carbocycles. The van der Waals surface area contributed by atoms with Crippen LogP contribution in [0.25, 0.3) is 5.52 Å². The Morgan fingerprint density at radius 1 is 1.45 bits per heavy atom. The van der Waals surface area contributed by atoms with Crippen molar-refractivity contribution < 1.29 is 29.3 Å². The first-order chi connectivity index (χ1) is 13.8. The van der Waals surface area contributed by atoms with E-state index in [1.54, 1.807) is 6.07 Å². The van der Waals surface area contributed by atoms with E-state index in [0.29, 0.717) is 18.4 Å². The standard InChI is InChI=1S/C18H21N5O6/c1-3-4-14(25)22-17-11-5-6-13(23(11)21-9-20-17)18(8-19)16(27)15(26)12(29-18)7-28-10(2)24/h5-6,9,12,15-16,26-27H,3-4,7H2,1-2H3,(H,20,21,22,25)/t12-,15-,16-,18+/m1/s1. The molecule has 11 nitrogen and oxygen atoms in total. The monoisotopic (exact) mass is 403 g/mol. The number of aliphatic hydroxyl groups excluding tert-OH is 2. The van der Waals surface area contributed by atoms with Crippen molar-refractivity contribution in [2.75, 3.05) is 11.9 Å². The van der Waals surface area contributed by atoms with Crippen molar-refractivity contribution in [2.24, 2.45) is 0 Å². The molecule has 3 heterocycles. The Morgan fingerprint density at radius 2 is 2.21 bits per heavy atom. The van der Waals surface area contributed by atoms with Gasteiger partial charge in [-0.15, -0.1) is 0 Å². The highest BCUT2D eigenvalue weighted by Gasteiger charge is 2.57. The highest BCUT2D eigenvalue weighted by atomic mass is 16.6. The highest BCUT2D eigenvalue weighted by molar-refractivity contribution is 5.93. The summed E-state index contributed by atoms with van der Waals surface area (Å²) < 4.78 is 11.8. The molecule has 0 unspecified atom stereocenters. The van der Waals surface area contributed by atoms with Crippen LogP contribution in [0.3, 0.4) is 0 Å². The van der Waals surface area contributed by atoms with Crippen LogP contribution >= 0.6 is 0 Å². The Balaban J connectivity index is 1.99. The summed E-state index contributed by atoms with van der Waals surface area (Å²) in [5.74, 6) is -0.569. The van der Waals surface area contributed by atoms with Gasteiger partial charge in [-0.2, -0.15) is 10.4 Å². The molecule has 154 valence electrons. The van der Waals surface area contributed by atoms with Gasteiger partial charge in [-0.05, 0) is 18.6 Å². The van der Waals surface area contributed by atoms with Gasteiger partial charge >= 0.3 is 5.97 Å². The minimum Gasteiger partial charge on any atom is -0.463 e. The number of carbonyl (C=O) groups excluding carboxylic acids is 2. The first-order valence-electron chi connectivity index (χ1n) is 9.05. The number of aromatic nitrogens is 3. The van der Waals surface area contributed by atoms with E-state index in [0.717, 1.165) is 0 Å². The number of rotatable bonds is 6. The van der Waals surface area contributed by atoms with Crippen LogP contribution in [0.4, 0.5) is 5.82 Å². The number of ether oxygens (including phenoxy) is 2. The molecule has 3 N–H and O–H groups in total. The smallest absolute Gasteiger partial charge is 0.302 e. The molecule has 29 heavy (non-hydrogen) atoms. The predicted molar refractivity (Wildman–Crippen MR) is 97.3 cm³/mol. The Morgan fingerprint density at radius 3 is 2.86 bits per heavy atom. The predicted octanol–water partition coefficient (Wildman–Crippen LogP) is -0.130. The molecule has 0 radical (unpaired) electrons. The van der Waals surface area contributed by atoms with Gasteiger partial charge in [-0.25, -0.2) is 9.50 Å². The molecule has 3 rings (SSSR count). The zero-order chi connectivity index (χ0) is 21.2. The summed E-state index contributed by atoms with van der Waals surface area (Å²) in [4.78, 5) is 27.0. The van der Waals surface area contributed by atoms with E-state index in [9.17, 15) is 25.1 Å². The Bertz CT molecular complexity index is 969. The van der Waals surface area contributed by atoms with Crippen LogP contribution in [0.2, 0.25) is 0 Å². The summed E-state index contributed by atoms with van der Waals surface area (Å²) in [6, 6.07) is 4.97. The molecule has 2 aromatic heterocycles. The largest absolute Gasteiger partial charge is 0.463 e. The fraction of sp³-hybridized carbons (Fsp3) is 0.500. The second kappa shape index (κ2) is 8.12. The lowest BCUT2D eigenvalue weighted by Gasteiger charge is -2.24. The molecule has 11 heteroatoms. The van der Waals surface area contributed by atoms with Crippen LogP contribution in [0, 0.1) is 11.3 Å². The van der Waals surface area contributed by atoms with Crippen molar-refractivity contribution >= 4 is 23.2 Å². The van der Waals surface area contributed by atoms with Crippen molar-refractivity contribution in [3.63, 3.8) is 0 Å². The molecule has 0 aliphatic carbocycles. The van der Waals surface area contributed by atoms with Gasteiger partial charge < -0.3 is 25.0 Å². The number of amides is 1. The van der Waals surface area contributed by atoms with Crippen LogP contribution < -0.4 is 5.32 Å². The Hall–Kier alpha value is -3.07. The highest BCUT2D eigenvalue weighted by Crippen LogP contribution is 2.40. The zero-order valence-corrected chi connectivity index (χ0v) is 15.9. The van der Waals surface area contributed by atoms with Crippen LogP contribution in [0.15, 0.2) is 18.5 Å². The molecule has 2 aromatic rings. The van der Waals surface area contributed by atoms with Crippen LogP contribution in [-0.4, -0.2) is 61.6 Å². The van der Waals surface area contributed by atoms with Gasteiger partial charge in [0.1, 0.15) is 42.8 Å². The lowest BCUT2D eigenvalue weighted by molar-refractivity contribution is -0.148. The Labute approximate surface area is 165 Å². The molecule has 0 spiro atoms. The number of fused-ring (bicyclic) bond motifs is 1. The molecule has 0 saturated carbocycles. The van der Waals surface area contributed by atoms with Crippen molar-refractivity contribution in [2.45, 2.75) is 50.6 Å². The van der Waals surface area contributed by atoms with E-state index < -0.39 is 29.9 Å². The number of hydrogen-bond donors (Lipinski definition) is 3. The number of nitriles is 1. The molecule has 1 aliphatic rings. The normalized spacial score (nSPS) is 26.2. The zero-order valence-electron chi connectivity index (χ0n) is 15.9. The summed E-state index contributed by atoms with van der Waals surface area (Å²) in [7, 11) is 0. The lowest BCUT2D eigenvalue weighted by atomic mass is 9.92. The maximum Gasteiger partial charge on any atom is 0.302 e. The molecular weight excluding hydrogens is 382 g/mol. The van der Waals surface area contributed by atoms with Crippen LogP contribution in [0.1, 0.15) is 32.4 Å². The van der Waals surface area contributed by atoms with Gasteiger partial charge in [0.05, 0.1) is 5.69 Å². The van der Waals surface area contributed by atoms with E-state index in [1.807, 2.05) is 13.0 Å². The number of nitrogens with zero attached hydrogens (tertiary/aromatic N) is 4. The van der Waals surface area contributed by atoms with Gasteiger partial charge in [0.2, 0.25) is 11.5 Å². The third-order valence-corrected chi connectivity index (χ3v) is 4.64. The van der Waals surface area contributed by atoms with Crippen LogP contribution in [-0.2, 0) is 24.7 Å². The SMILES string of the molecule is CCCC(=O)Nc1ncnn2c([C@]3(C#N)O[C@H](COC(C)=O)[C@@H](O)[C@H]3O)ccc12. The summed E-state index contributed by atoms with van der Waals surface area (Å²) in [5, 5.41) is 37.5. The molecule has 4 atom stereocenters. The fourth-order valence-corrected chi connectivity index (χ4v) is 3.25. The van der Waals surface area contributed by atoms with E-state index >= 15 is 0 Å². The Kier molecular flexibility index (Phi) is 5.78. The molecular formula is C18H21N5O6. The number of anilines is 1. The molecule has 1 saturated heterocycles. The average Bonchev–Trinajstić information content (AvgIpc) is 3.22. The molecule has 1 fully saturated rings. The third-order valence-electron chi connectivity index (χ3n) is 4.64. The number of nitrogens with one attached hydrogen (secondary N) is 1. The van der Waals surface area contributed by atoms with Gasteiger partial charge in [0.25, 0.3) is 0 Å². The first kappa shape index (κ1) is 20.7. The minimum absolute atomic E-state index is 0.139. The van der Waals surface area contributed by atoms with Crippen LogP contribution in [0.5, 0.6) is 0 Å². The molecule has 1 amide bonds. The van der Waals surface area contributed by atoms with E-state index in [4.69, 9.17) is 9.47 Å². The van der Waals surface area contributed by atoms with E-state index in [-0.39, 0.29) is 24.0 Å². The number of carbonyl (C=O) groups is 2. The number of esters is 1. The topological polar surface area (TPSA) is 159 Å². The maximum absolute atomic E-state index is 11.9. The average molecular weight is 403 g/mol. The molecule has 0 bridgehead atoms. The van der Waals surface area contributed by atoms with Crippen molar-refractivity contribution in [3.8, 4) is 6.07 Å².